The van der Waals surface area contributed by atoms with Crippen molar-refractivity contribution in [1.29, 1.82) is 0 Å². The first kappa shape index (κ1) is 9.15. The van der Waals surface area contributed by atoms with Crippen LogP contribution >= 0.6 is 19.8 Å². The van der Waals surface area contributed by atoms with E-state index in [2.05, 4.69) is 6.58 Å². The van der Waals surface area contributed by atoms with Crippen molar-refractivity contribution in [3.8, 4) is 0 Å². The molecule has 0 radical (unpaired) electrons. The summed E-state index contributed by atoms with van der Waals surface area (Å²) in [5, 5.41) is 0. The predicted molar refractivity (Wildman–Crippen MR) is 42.0 cm³/mol. The molecular formula is C5H10O2PS+. The number of allylic oxidation sites excluding steroid dienone is 1. The van der Waals surface area contributed by atoms with Crippen molar-refractivity contribution < 1.29 is 9.46 Å². The van der Waals surface area contributed by atoms with Crippen LogP contribution in [-0.2, 0) is 4.57 Å². The summed E-state index contributed by atoms with van der Waals surface area (Å²) in [5.41, 5.74) is 0. The number of hydrogen-bond donors (Lipinski definition) is 1. The molecule has 9 heavy (non-hydrogen) atoms. The molecule has 4 heteroatoms. The van der Waals surface area contributed by atoms with Crippen LogP contribution in [0.25, 0.3) is 0 Å². The molecule has 0 spiro atoms. The molecule has 1 atom stereocenters. The Morgan fingerprint density at radius 2 is 2.44 bits per heavy atom. The number of rotatable bonds is 4. The minimum Gasteiger partial charge on any atom is -0.160 e. The van der Waals surface area contributed by atoms with Gasteiger partial charge in [0.05, 0.1) is 0 Å². The molecule has 1 N–H and O–H groups in total. The van der Waals surface area contributed by atoms with Gasteiger partial charge in [-0.25, -0.2) is 0 Å². The highest BCUT2D eigenvalue weighted by Gasteiger charge is 2.11. The maximum atomic E-state index is 10.2. The van der Waals surface area contributed by atoms with Gasteiger partial charge in [0.2, 0.25) is 6.16 Å². The summed E-state index contributed by atoms with van der Waals surface area (Å²) in [7, 11) is -2.02. The Balaban J connectivity index is 3.39. The van der Waals surface area contributed by atoms with Crippen molar-refractivity contribution in [3.05, 3.63) is 11.5 Å². The molecule has 0 fully saturated rings. The van der Waals surface area contributed by atoms with E-state index in [-0.39, 0.29) is 6.16 Å². The van der Waals surface area contributed by atoms with E-state index in [0.717, 1.165) is 10.7 Å². The molecule has 0 bridgehead atoms. The minimum absolute atomic E-state index is 0.230. The van der Waals surface area contributed by atoms with Crippen LogP contribution in [-0.4, -0.2) is 16.8 Å². The molecule has 0 rings (SSSR count). The second-order valence-corrected chi connectivity index (χ2v) is 3.95. The Bertz CT molecular complexity index is 124. The Hall–Kier alpha value is 0.150. The zero-order chi connectivity index (χ0) is 7.28. The molecule has 0 saturated heterocycles. The average Bonchev–Trinajstić information content (AvgIpc) is 1.63. The van der Waals surface area contributed by atoms with Gasteiger partial charge in [-0.15, -0.1) is 11.8 Å². The summed E-state index contributed by atoms with van der Waals surface area (Å²) < 4.78 is 10.2. The quantitative estimate of drug-likeness (QED) is 0.647. The van der Waals surface area contributed by atoms with Gasteiger partial charge in [0.1, 0.15) is 0 Å². The average molecular weight is 165 g/mol. The molecule has 0 heterocycles. The van der Waals surface area contributed by atoms with Crippen LogP contribution in [0.4, 0.5) is 0 Å². The van der Waals surface area contributed by atoms with Crippen LogP contribution in [0.15, 0.2) is 11.5 Å². The largest absolute Gasteiger partial charge is 0.510 e. The molecule has 2 nitrogen and oxygen atoms in total. The van der Waals surface area contributed by atoms with E-state index in [1.165, 1.54) is 11.8 Å². The highest BCUT2D eigenvalue weighted by atomic mass is 32.2. The Labute approximate surface area is 60.2 Å². The van der Waals surface area contributed by atoms with Gasteiger partial charge in [-0.2, -0.15) is 4.89 Å². The van der Waals surface area contributed by atoms with Crippen LogP contribution in [0.2, 0.25) is 0 Å². The van der Waals surface area contributed by atoms with Crippen LogP contribution < -0.4 is 0 Å². The van der Waals surface area contributed by atoms with Crippen molar-refractivity contribution in [1.82, 2.24) is 0 Å². The second kappa shape index (κ2) is 4.98. The summed E-state index contributed by atoms with van der Waals surface area (Å²) in [6, 6.07) is 0. The molecule has 52 valence electrons. The van der Waals surface area contributed by atoms with Gasteiger partial charge in [-0.1, -0.05) is 13.5 Å². The lowest BCUT2D eigenvalue weighted by Gasteiger charge is -1.90. The molecule has 0 saturated carbocycles. The van der Waals surface area contributed by atoms with E-state index in [1.807, 2.05) is 6.92 Å². The molecule has 1 unspecified atom stereocenters. The molecule has 0 aliphatic heterocycles. The monoisotopic (exact) mass is 165 g/mol. The van der Waals surface area contributed by atoms with Gasteiger partial charge < -0.3 is 0 Å². The van der Waals surface area contributed by atoms with Crippen molar-refractivity contribution in [2.75, 3.05) is 11.9 Å². The molecule has 0 aliphatic carbocycles. The summed E-state index contributed by atoms with van der Waals surface area (Å²) in [6.07, 6.45) is 0.230. The molecule has 0 amide bonds. The molecule has 0 aromatic heterocycles. The van der Waals surface area contributed by atoms with E-state index >= 15 is 0 Å². The van der Waals surface area contributed by atoms with Gasteiger partial charge in [0.15, 0.2) is 0 Å². The molecule has 0 aliphatic rings. The van der Waals surface area contributed by atoms with E-state index < -0.39 is 8.03 Å². The normalized spacial score (nSPS) is 11.1. The molecule has 0 aromatic carbocycles. The van der Waals surface area contributed by atoms with Gasteiger partial charge >= 0.3 is 8.03 Å². The maximum Gasteiger partial charge on any atom is 0.510 e. The molecular weight excluding hydrogens is 155 g/mol. The van der Waals surface area contributed by atoms with E-state index in [1.54, 1.807) is 0 Å². The third-order valence-electron chi connectivity index (χ3n) is 0.660. The smallest absolute Gasteiger partial charge is 0.160 e. The van der Waals surface area contributed by atoms with Crippen LogP contribution in [0, 0.1) is 0 Å². The summed E-state index contributed by atoms with van der Waals surface area (Å²) >= 11 is 1.52. The van der Waals surface area contributed by atoms with E-state index in [0.29, 0.717) is 0 Å². The fourth-order valence-electron chi connectivity index (χ4n) is 0.401. The lowest BCUT2D eigenvalue weighted by Crippen LogP contribution is -1.78. The second-order valence-electron chi connectivity index (χ2n) is 1.48. The highest BCUT2D eigenvalue weighted by molar-refractivity contribution is 8.03. The summed E-state index contributed by atoms with van der Waals surface area (Å²) in [4.78, 5) is 9.18. The fourth-order valence-corrected chi connectivity index (χ4v) is 1.81. The fraction of sp³-hybridized carbons (Fsp3) is 0.600. The topological polar surface area (TPSA) is 37.3 Å². The third kappa shape index (κ3) is 6.03. The summed E-state index contributed by atoms with van der Waals surface area (Å²) in [5.74, 6) is 0.919. The first-order valence-electron chi connectivity index (χ1n) is 2.61. The van der Waals surface area contributed by atoms with Gasteiger partial charge in [0, 0.05) is 4.91 Å². The number of thioether (sulfide) groups is 1. The Morgan fingerprint density at radius 3 is 2.78 bits per heavy atom. The van der Waals surface area contributed by atoms with E-state index in [4.69, 9.17) is 4.89 Å². The van der Waals surface area contributed by atoms with Gasteiger partial charge in [-0.05, 0) is 10.3 Å². The maximum absolute atomic E-state index is 10.2. The van der Waals surface area contributed by atoms with Crippen molar-refractivity contribution in [3.63, 3.8) is 0 Å². The highest BCUT2D eigenvalue weighted by Crippen LogP contribution is 2.23. The zero-order valence-corrected chi connectivity index (χ0v) is 7.04. The first-order valence-corrected chi connectivity index (χ1v) is 4.99. The Morgan fingerprint density at radius 1 is 1.89 bits per heavy atom. The number of hydrogen-bond acceptors (Lipinski definition) is 2. The van der Waals surface area contributed by atoms with Crippen molar-refractivity contribution >= 4 is 19.8 Å². The van der Waals surface area contributed by atoms with E-state index in [9.17, 15) is 4.57 Å². The first-order chi connectivity index (χ1) is 4.16. The van der Waals surface area contributed by atoms with Gasteiger partial charge in [-0.3, -0.25) is 0 Å². The SMILES string of the molecule is C=C(C[P+](=O)O)SCC. The van der Waals surface area contributed by atoms with Crippen LogP contribution in [0.1, 0.15) is 6.92 Å². The van der Waals surface area contributed by atoms with Crippen LogP contribution in [0.5, 0.6) is 0 Å². The Kier molecular flexibility index (Phi) is 5.06. The molecule has 0 aromatic rings. The van der Waals surface area contributed by atoms with Crippen molar-refractivity contribution in [2.24, 2.45) is 0 Å². The van der Waals surface area contributed by atoms with Crippen LogP contribution in [0.3, 0.4) is 0 Å². The predicted octanol–water partition coefficient (Wildman–Crippen LogP) is 1.99. The third-order valence-corrected chi connectivity index (χ3v) is 2.37. The lowest BCUT2D eigenvalue weighted by molar-refractivity contribution is 0.506. The summed E-state index contributed by atoms with van der Waals surface area (Å²) in [6.45, 7) is 5.59. The standard InChI is InChI=1S/C5H9O2PS/c1-3-9-5(2)4-8(6)7/h2-4H2,1H3/p+1. The minimum atomic E-state index is -2.02. The van der Waals surface area contributed by atoms with Crippen molar-refractivity contribution in [2.45, 2.75) is 6.92 Å². The van der Waals surface area contributed by atoms with Gasteiger partial charge in [0.25, 0.3) is 0 Å². The zero-order valence-electron chi connectivity index (χ0n) is 5.33. The lowest BCUT2D eigenvalue weighted by atomic mass is 10.7.